The van der Waals surface area contributed by atoms with Crippen molar-refractivity contribution in [3.05, 3.63) is 29.8 Å². The number of aryl methyl sites for hydroxylation is 1. The van der Waals surface area contributed by atoms with Crippen molar-refractivity contribution in [2.24, 2.45) is 0 Å². The number of likely N-dealkylation sites (N-methyl/N-ethyl adjacent to an activating group) is 1. The van der Waals surface area contributed by atoms with Gasteiger partial charge in [0, 0.05) is 11.7 Å². The van der Waals surface area contributed by atoms with Gasteiger partial charge in [0.1, 0.15) is 0 Å². The lowest BCUT2D eigenvalue weighted by molar-refractivity contribution is -0.117. The van der Waals surface area contributed by atoms with E-state index in [1.54, 1.807) is 0 Å². The average molecular weight is 245 g/mol. The van der Waals surface area contributed by atoms with Crippen molar-refractivity contribution >= 4 is 11.6 Å². The molecule has 0 radical (unpaired) electrons. The second-order valence-electron chi connectivity index (χ2n) is 4.49. The van der Waals surface area contributed by atoms with Crippen molar-refractivity contribution in [3.63, 3.8) is 0 Å². The molecule has 1 aromatic carbocycles. The Balaban J connectivity index is 2.52. The maximum absolute atomic E-state index is 11.8. The minimum Gasteiger partial charge on any atom is -0.325 e. The third-order valence-corrected chi connectivity index (χ3v) is 2.95. The summed E-state index contributed by atoms with van der Waals surface area (Å²) in [5.74, 6) is -0.0587. The normalized spacial score (nSPS) is 11.9. The lowest BCUT2D eigenvalue weighted by atomic mass is 10.2. The van der Waals surface area contributed by atoms with Crippen LogP contribution in [0.4, 0.5) is 5.69 Å². The fourth-order valence-electron chi connectivity index (χ4n) is 1.57. The molecule has 0 aliphatic carbocycles. The van der Waals surface area contributed by atoms with E-state index in [1.165, 1.54) is 0 Å². The molecule has 4 heteroatoms. The first-order chi connectivity index (χ1) is 8.54. The highest BCUT2D eigenvalue weighted by Gasteiger charge is 2.13. The molecule has 0 aromatic heterocycles. The lowest BCUT2D eigenvalue weighted by Crippen LogP contribution is -2.36. The van der Waals surface area contributed by atoms with E-state index in [2.05, 4.69) is 11.4 Å². The molecule has 96 valence electrons. The molecule has 1 aromatic rings. The van der Waals surface area contributed by atoms with Gasteiger partial charge in [-0.2, -0.15) is 5.26 Å². The van der Waals surface area contributed by atoms with Crippen molar-refractivity contribution in [2.75, 3.05) is 18.9 Å². The predicted octanol–water partition coefficient (Wildman–Crippen LogP) is 2.17. The first kappa shape index (κ1) is 14.2. The van der Waals surface area contributed by atoms with E-state index in [1.807, 2.05) is 50.1 Å². The lowest BCUT2D eigenvalue weighted by Gasteiger charge is -2.22. The fraction of sp³-hybridized carbons (Fsp3) is 0.429. The SMILES string of the molecule is Cc1ccccc1NC(=O)CN(C)C(C)CC#N. The molecular weight excluding hydrogens is 226 g/mol. The van der Waals surface area contributed by atoms with E-state index in [-0.39, 0.29) is 18.5 Å². The molecule has 18 heavy (non-hydrogen) atoms. The number of hydrogen-bond acceptors (Lipinski definition) is 3. The van der Waals surface area contributed by atoms with Crippen LogP contribution in [0, 0.1) is 18.3 Å². The number of nitrogens with zero attached hydrogens (tertiary/aromatic N) is 2. The Bertz CT molecular complexity index is 451. The topological polar surface area (TPSA) is 56.1 Å². The Morgan fingerprint density at radius 1 is 1.50 bits per heavy atom. The third-order valence-electron chi connectivity index (χ3n) is 2.95. The van der Waals surface area contributed by atoms with E-state index >= 15 is 0 Å². The van der Waals surface area contributed by atoms with E-state index in [4.69, 9.17) is 5.26 Å². The number of carbonyl (C=O) groups is 1. The zero-order valence-corrected chi connectivity index (χ0v) is 11.1. The predicted molar refractivity (Wildman–Crippen MR) is 72.1 cm³/mol. The quantitative estimate of drug-likeness (QED) is 0.865. The molecule has 4 nitrogen and oxygen atoms in total. The van der Waals surface area contributed by atoms with Gasteiger partial charge >= 0.3 is 0 Å². The Kier molecular flexibility index (Phi) is 5.34. The number of amides is 1. The summed E-state index contributed by atoms with van der Waals surface area (Å²) in [4.78, 5) is 13.7. The monoisotopic (exact) mass is 245 g/mol. The van der Waals surface area contributed by atoms with Gasteiger partial charge in [-0.1, -0.05) is 18.2 Å². The van der Waals surface area contributed by atoms with Crippen LogP contribution in [-0.4, -0.2) is 30.4 Å². The Morgan fingerprint density at radius 2 is 2.17 bits per heavy atom. The Labute approximate surface area is 108 Å². The maximum atomic E-state index is 11.8. The number of carbonyl (C=O) groups excluding carboxylic acids is 1. The zero-order valence-electron chi connectivity index (χ0n) is 11.1. The van der Waals surface area contributed by atoms with Crippen LogP contribution in [0.25, 0.3) is 0 Å². The van der Waals surface area contributed by atoms with Crippen LogP contribution in [0.2, 0.25) is 0 Å². The number of para-hydroxylation sites is 1. The van der Waals surface area contributed by atoms with Crippen molar-refractivity contribution in [1.82, 2.24) is 4.90 Å². The third kappa shape index (κ3) is 4.19. The summed E-state index contributed by atoms with van der Waals surface area (Å²) in [6.45, 7) is 4.18. The van der Waals surface area contributed by atoms with Gasteiger partial charge in [0.25, 0.3) is 0 Å². The molecule has 0 saturated heterocycles. The molecule has 0 heterocycles. The summed E-state index contributed by atoms with van der Waals surface area (Å²) in [5, 5.41) is 11.5. The van der Waals surface area contributed by atoms with Gasteiger partial charge in [0.05, 0.1) is 19.0 Å². The largest absolute Gasteiger partial charge is 0.325 e. The summed E-state index contributed by atoms with van der Waals surface area (Å²) >= 11 is 0. The second-order valence-corrected chi connectivity index (χ2v) is 4.49. The number of benzene rings is 1. The molecule has 1 unspecified atom stereocenters. The van der Waals surface area contributed by atoms with Gasteiger partial charge in [-0.15, -0.1) is 0 Å². The minimum atomic E-state index is -0.0587. The number of rotatable bonds is 5. The highest BCUT2D eigenvalue weighted by atomic mass is 16.2. The highest BCUT2D eigenvalue weighted by Crippen LogP contribution is 2.13. The smallest absolute Gasteiger partial charge is 0.238 e. The molecule has 0 aliphatic rings. The highest BCUT2D eigenvalue weighted by molar-refractivity contribution is 5.92. The molecular formula is C14H19N3O. The molecule has 0 bridgehead atoms. The maximum Gasteiger partial charge on any atom is 0.238 e. The number of nitriles is 1. The Morgan fingerprint density at radius 3 is 2.78 bits per heavy atom. The van der Waals surface area contributed by atoms with Gasteiger partial charge in [-0.25, -0.2) is 0 Å². The summed E-state index contributed by atoms with van der Waals surface area (Å²) in [5.41, 5.74) is 1.88. The van der Waals surface area contributed by atoms with Crippen LogP contribution in [0.3, 0.4) is 0 Å². The molecule has 1 rings (SSSR count). The van der Waals surface area contributed by atoms with Crippen LogP contribution in [0.1, 0.15) is 18.9 Å². The van der Waals surface area contributed by atoms with Crippen molar-refractivity contribution in [1.29, 1.82) is 5.26 Å². The van der Waals surface area contributed by atoms with Crippen molar-refractivity contribution < 1.29 is 4.79 Å². The van der Waals surface area contributed by atoms with Crippen LogP contribution >= 0.6 is 0 Å². The molecule has 0 aliphatic heterocycles. The first-order valence-electron chi connectivity index (χ1n) is 5.97. The molecule has 0 saturated carbocycles. The average Bonchev–Trinajstić information content (AvgIpc) is 2.32. The van der Waals surface area contributed by atoms with Gasteiger partial charge in [-0.3, -0.25) is 9.69 Å². The number of anilines is 1. The molecule has 1 amide bonds. The standard InChI is InChI=1S/C14H19N3O/c1-11-6-4-5-7-13(11)16-14(18)10-17(3)12(2)8-9-15/h4-7,12H,8,10H2,1-3H3,(H,16,18). The van der Waals surface area contributed by atoms with E-state index in [9.17, 15) is 4.79 Å². The van der Waals surface area contributed by atoms with E-state index < -0.39 is 0 Å². The summed E-state index contributed by atoms with van der Waals surface area (Å²) in [6.07, 6.45) is 0.425. The summed E-state index contributed by atoms with van der Waals surface area (Å²) in [7, 11) is 1.85. The zero-order chi connectivity index (χ0) is 13.5. The van der Waals surface area contributed by atoms with Crippen molar-refractivity contribution in [3.8, 4) is 6.07 Å². The molecule has 0 fully saturated rings. The number of hydrogen-bond donors (Lipinski definition) is 1. The minimum absolute atomic E-state index is 0.0587. The van der Waals surface area contributed by atoms with Crippen LogP contribution in [0.15, 0.2) is 24.3 Å². The van der Waals surface area contributed by atoms with Gasteiger partial charge in [-0.05, 0) is 32.5 Å². The first-order valence-corrected chi connectivity index (χ1v) is 5.97. The van der Waals surface area contributed by atoms with Crippen LogP contribution < -0.4 is 5.32 Å². The van der Waals surface area contributed by atoms with E-state index in [0.29, 0.717) is 6.42 Å². The fourth-order valence-corrected chi connectivity index (χ4v) is 1.57. The van der Waals surface area contributed by atoms with E-state index in [0.717, 1.165) is 11.3 Å². The van der Waals surface area contributed by atoms with Gasteiger partial charge < -0.3 is 5.32 Å². The second kappa shape index (κ2) is 6.77. The Hall–Kier alpha value is -1.86. The summed E-state index contributed by atoms with van der Waals surface area (Å²) in [6, 6.07) is 9.86. The number of nitrogens with one attached hydrogen (secondary N) is 1. The summed E-state index contributed by atoms with van der Waals surface area (Å²) < 4.78 is 0. The van der Waals surface area contributed by atoms with Crippen molar-refractivity contribution in [2.45, 2.75) is 26.3 Å². The van der Waals surface area contributed by atoms with Crippen LogP contribution in [-0.2, 0) is 4.79 Å². The van der Waals surface area contributed by atoms with Gasteiger partial charge in [0.2, 0.25) is 5.91 Å². The van der Waals surface area contributed by atoms with Crippen LogP contribution in [0.5, 0.6) is 0 Å². The molecule has 1 atom stereocenters. The van der Waals surface area contributed by atoms with Gasteiger partial charge in [0.15, 0.2) is 0 Å². The molecule has 0 spiro atoms. The molecule has 1 N–H and O–H groups in total.